The molecule has 3 nitrogen and oxygen atoms in total. The largest absolute Gasteiger partial charge is 0.494 e. The fourth-order valence-corrected chi connectivity index (χ4v) is 2.79. The Morgan fingerprint density at radius 2 is 1.75 bits per heavy atom. The van der Waals surface area contributed by atoms with Crippen molar-refractivity contribution in [2.75, 3.05) is 0 Å². The van der Waals surface area contributed by atoms with Gasteiger partial charge in [0.05, 0.1) is 22.6 Å². The fourth-order valence-electron chi connectivity index (χ4n) is 2.51. The van der Waals surface area contributed by atoms with Crippen molar-refractivity contribution in [3.05, 3.63) is 27.7 Å². The lowest BCUT2D eigenvalue weighted by atomic mass is 9.79. The Kier molecular flexibility index (Phi) is 3.05. The molecule has 1 unspecified atom stereocenters. The number of nitrogens with zero attached hydrogens (tertiary/aromatic N) is 1. The molecule has 0 amide bonds. The lowest BCUT2D eigenvalue weighted by Crippen LogP contribution is -2.41. The summed E-state index contributed by atoms with van der Waals surface area (Å²) in [6, 6.07) is 4.12. The van der Waals surface area contributed by atoms with Gasteiger partial charge < -0.3 is 9.31 Å². The average Bonchev–Trinajstić information content (AvgIpc) is 2.77. The highest BCUT2D eigenvalue weighted by Gasteiger charge is 2.51. The number of rotatable bonds is 1. The Bertz CT molecular complexity index is 668. The van der Waals surface area contributed by atoms with Crippen LogP contribution in [-0.2, 0) is 9.31 Å². The van der Waals surface area contributed by atoms with Crippen molar-refractivity contribution in [1.82, 2.24) is 0 Å². The maximum absolute atomic E-state index is 6.36. The molecule has 0 radical (unpaired) electrons. The molecule has 2 aliphatic heterocycles. The highest BCUT2D eigenvalue weighted by molar-refractivity contribution is 6.62. The Morgan fingerprint density at radius 3 is 2.35 bits per heavy atom. The predicted molar refractivity (Wildman–Crippen MR) is 81.9 cm³/mol. The van der Waals surface area contributed by atoms with Gasteiger partial charge in [0.15, 0.2) is 0 Å². The van der Waals surface area contributed by atoms with Crippen LogP contribution >= 0.6 is 11.6 Å². The lowest BCUT2D eigenvalue weighted by Gasteiger charge is -2.32. The standard InChI is InChI=1S/C15H19BClNO2/c1-9-6-11-12(17)7-10(8-13(11)18-9)16-19-14(2,3)15(4,5)20-16/h6-9H,1-5H3. The molecule has 2 aliphatic rings. The summed E-state index contributed by atoms with van der Waals surface area (Å²) in [6.07, 6.45) is 2.08. The van der Waals surface area contributed by atoms with Crippen molar-refractivity contribution in [1.29, 1.82) is 0 Å². The number of halogens is 1. The summed E-state index contributed by atoms with van der Waals surface area (Å²) < 4.78 is 12.1. The van der Waals surface area contributed by atoms with E-state index in [1.807, 2.05) is 46.8 Å². The molecule has 106 valence electrons. The summed E-state index contributed by atoms with van der Waals surface area (Å²) in [6.45, 7) is 10.2. The normalized spacial score (nSPS) is 26.1. The number of fused-ring (bicyclic) bond motifs is 1. The first kappa shape index (κ1) is 14.1. The zero-order chi connectivity index (χ0) is 14.7. The van der Waals surface area contributed by atoms with E-state index in [9.17, 15) is 0 Å². The molecule has 1 atom stereocenters. The van der Waals surface area contributed by atoms with Gasteiger partial charge in [-0.1, -0.05) is 11.6 Å². The van der Waals surface area contributed by atoms with Gasteiger partial charge in [0.2, 0.25) is 0 Å². The van der Waals surface area contributed by atoms with E-state index in [1.54, 1.807) is 0 Å². The van der Waals surface area contributed by atoms with Crippen molar-refractivity contribution >= 4 is 30.3 Å². The SMILES string of the molecule is CC1C=c2c(Cl)cc(B3OC(C)(C)C(C)(C)O3)cc2=N1. The van der Waals surface area contributed by atoms with Gasteiger partial charge in [-0.2, -0.15) is 0 Å². The second-order valence-electron chi connectivity index (χ2n) is 6.56. The maximum atomic E-state index is 6.36. The molecule has 1 aromatic carbocycles. The topological polar surface area (TPSA) is 30.8 Å². The highest BCUT2D eigenvalue weighted by atomic mass is 35.5. The monoisotopic (exact) mass is 291 g/mol. The van der Waals surface area contributed by atoms with Crippen LogP contribution in [-0.4, -0.2) is 24.4 Å². The maximum Gasteiger partial charge on any atom is 0.494 e. The molecular formula is C15H19BClNO2. The van der Waals surface area contributed by atoms with Gasteiger partial charge in [0.25, 0.3) is 0 Å². The first-order valence-electron chi connectivity index (χ1n) is 6.94. The van der Waals surface area contributed by atoms with Gasteiger partial charge in [0, 0.05) is 10.2 Å². The summed E-state index contributed by atoms with van der Waals surface area (Å²) in [5.41, 5.74) is 0.234. The van der Waals surface area contributed by atoms with Crippen LogP contribution in [0, 0.1) is 0 Å². The van der Waals surface area contributed by atoms with Crippen LogP contribution in [0.1, 0.15) is 34.6 Å². The van der Waals surface area contributed by atoms with Crippen molar-refractivity contribution in [2.24, 2.45) is 4.99 Å². The molecule has 5 heteroatoms. The Morgan fingerprint density at radius 1 is 1.15 bits per heavy atom. The molecule has 0 saturated carbocycles. The lowest BCUT2D eigenvalue weighted by molar-refractivity contribution is 0.00578. The first-order chi connectivity index (χ1) is 9.19. The van der Waals surface area contributed by atoms with Crippen LogP contribution < -0.4 is 16.0 Å². The fraction of sp³-hybridized carbons (Fsp3) is 0.533. The van der Waals surface area contributed by atoms with Crippen LogP contribution in [0.5, 0.6) is 0 Å². The third-order valence-corrected chi connectivity index (χ3v) is 4.72. The molecule has 0 aromatic heterocycles. The van der Waals surface area contributed by atoms with Gasteiger partial charge >= 0.3 is 7.12 Å². The second kappa shape index (κ2) is 4.33. The molecule has 1 fully saturated rings. The smallest absolute Gasteiger partial charge is 0.399 e. The third-order valence-electron chi connectivity index (χ3n) is 4.41. The minimum atomic E-state index is -0.395. The average molecular weight is 292 g/mol. The van der Waals surface area contributed by atoms with Crippen LogP contribution in [0.2, 0.25) is 5.02 Å². The van der Waals surface area contributed by atoms with Crippen molar-refractivity contribution < 1.29 is 9.31 Å². The first-order valence-corrected chi connectivity index (χ1v) is 7.32. The van der Waals surface area contributed by atoms with Crippen molar-refractivity contribution in [3.63, 3.8) is 0 Å². The molecule has 20 heavy (non-hydrogen) atoms. The van der Waals surface area contributed by atoms with E-state index in [4.69, 9.17) is 20.9 Å². The number of benzene rings is 1. The summed E-state index contributed by atoms with van der Waals surface area (Å²) in [5.74, 6) is 0. The molecule has 0 aliphatic carbocycles. The van der Waals surface area contributed by atoms with Crippen molar-refractivity contribution in [3.8, 4) is 0 Å². The molecule has 1 saturated heterocycles. The summed E-state index contributed by atoms with van der Waals surface area (Å²) in [4.78, 5) is 4.57. The van der Waals surface area contributed by atoms with E-state index in [1.165, 1.54) is 0 Å². The number of hydrogen-bond acceptors (Lipinski definition) is 3. The quantitative estimate of drug-likeness (QED) is 0.733. The van der Waals surface area contributed by atoms with E-state index in [0.717, 1.165) is 16.0 Å². The molecule has 1 aromatic rings. The zero-order valence-electron chi connectivity index (χ0n) is 12.5. The minimum absolute atomic E-state index is 0.177. The summed E-state index contributed by atoms with van der Waals surface area (Å²) in [5, 5.41) is 2.65. The molecule has 0 spiro atoms. The Balaban J connectivity index is 2.03. The third kappa shape index (κ3) is 2.10. The van der Waals surface area contributed by atoms with Crippen LogP contribution in [0.25, 0.3) is 6.08 Å². The number of hydrogen-bond donors (Lipinski definition) is 0. The van der Waals surface area contributed by atoms with Gasteiger partial charge in [-0.05, 0) is 58.3 Å². The molecule has 0 N–H and O–H groups in total. The Labute approximate surface area is 124 Å². The Hall–Kier alpha value is -0.835. The van der Waals surface area contributed by atoms with E-state index < -0.39 is 7.12 Å². The second-order valence-corrected chi connectivity index (χ2v) is 6.97. The molecule has 0 bridgehead atoms. The van der Waals surface area contributed by atoms with Gasteiger partial charge in [0.1, 0.15) is 0 Å². The summed E-state index contributed by atoms with van der Waals surface area (Å²) >= 11 is 6.36. The minimum Gasteiger partial charge on any atom is -0.399 e. The van der Waals surface area contributed by atoms with Crippen LogP contribution in [0.15, 0.2) is 17.1 Å². The van der Waals surface area contributed by atoms with E-state index in [-0.39, 0.29) is 17.2 Å². The van der Waals surface area contributed by atoms with E-state index in [2.05, 4.69) is 11.1 Å². The molecule has 3 rings (SSSR count). The predicted octanol–water partition coefficient (Wildman–Crippen LogP) is 1.44. The van der Waals surface area contributed by atoms with E-state index >= 15 is 0 Å². The summed E-state index contributed by atoms with van der Waals surface area (Å²) in [7, 11) is -0.395. The molecule has 2 heterocycles. The van der Waals surface area contributed by atoms with Gasteiger partial charge in [-0.15, -0.1) is 0 Å². The zero-order valence-corrected chi connectivity index (χ0v) is 13.3. The van der Waals surface area contributed by atoms with Gasteiger partial charge in [-0.25, -0.2) is 0 Å². The van der Waals surface area contributed by atoms with E-state index in [0.29, 0.717) is 5.02 Å². The van der Waals surface area contributed by atoms with Crippen LogP contribution in [0.4, 0.5) is 0 Å². The van der Waals surface area contributed by atoms with Gasteiger partial charge in [-0.3, -0.25) is 4.99 Å². The molecular weight excluding hydrogens is 272 g/mol. The van der Waals surface area contributed by atoms with Crippen molar-refractivity contribution in [2.45, 2.75) is 51.9 Å². The van der Waals surface area contributed by atoms with Crippen LogP contribution in [0.3, 0.4) is 0 Å². The highest BCUT2D eigenvalue weighted by Crippen LogP contribution is 2.36.